The Hall–Kier alpha value is -3.03. The molecule has 3 aromatic rings. The molecule has 3 rings (SSSR count). The van der Waals surface area contributed by atoms with Crippen molar-refractivity contribution in [3.05, 3.63) is 54.4 Å². The van der Waals surface area contributed by atoms with E-state index in [1.165, 1.54) is 18.5 Å². The van der Waals surface area contributed by atoms with E-state index in [1.807, 2.05) is 0 Å². The van der Waals surface area contributed by atoms with Gasteiger partial charge in [-0.1, -0.05) is 18.2 Å². The maximum absolute atomic E-state index is 12.5. The third-order valence-corrected chi connectivity index (χ3v) is 3.54. The molecular weight excluding hydrogens is 333 g/mol. The van der Waals surface area contributed by atoms with E-state index in [2.05, 4.69) is 20.0 Å². The van der Waals surface area contributed by atoms with Crippen LogP contribution >= 0.6 is 0 Å². The Kier molecular flexibility index (Phi) is 4.60. The van der Waals surface area contributed by atoms with Gasteiger partial charge in [0.2, 0.25) is 0 Å². The van der Waals surface area contributed by atoms with E-state index >= 15 is 0 Å². The first-order valence-electron chi connectivity index (χ1n) is 7.50. The number of ether oxygens (including phenoxy) is 1. The quantitative estimate of drug-likeness (QED) is 0.687. The van der Waals surface area contributed by atoms with E-state index in [0.29, 0.717) is 30.0 Å². The maximum atomic E-state index is 12.5. The molecule has 0 aliphatic carbocycles. The molecule has 0 saturated heterocycles. The summed E-state index contributed by atoms with van der Waals surface area (Å²) in [6.07, 6.45) is -2.97. The molecule has 0 atom stereocenters. The highest BCUT2D eigenvalue weighted by molar-refractivity contribution is 5.91. The van der Waals surface area contributed by atoms with Crippen LogP contribution in [0.3, 0.4) is 0 Å². The minimum absolute atomic E-state index is 0.200. The van der Waals surface area contributed by atoms with E-state index < -0.39 is 6.36 Å². The second-order valence-corrected chi connectivity index (χ2v) is 5.33. The molecule has 0 amide bonds. The molecule has 0 aliphatic heterocycles. The van der Waals surface area contributed by atoms with Crippen LogP contribution in [0, 0.1) is 0 Å². The number of hydrogen-bond acceptors (Lipinski definition) is 5. The number of anilines is 2. The predicted octanol–water partition coefficient (Wildman–Crippen LogP) is 3.77. The first-order chi connectivity index (χ1) is 11.9. The fraction of sp³-hybridized carbons (Fsp3) is 0.176. The lowest BCUT2D eigenvalue weighted by Gasteiger charge is -2.14. The van der Waals surface area contributed by atoms with Crippen molar-refractivity contribution in [3.8, 4) is 5.75 Å². The Labute approximate surface area is 141 Å². The highest BCUT2D eigenvalue weighted by Crippen LogP contribution is 2.27. The van der Waals surface area contributed by atoms with E-state index in [1.54, 1.807) is 30.3 Å². The second kappa shape index (κ2) is 6.84. The van der Waals surface area contributed by atoms with Crippen LogP contribution in [0.5, 0.6) is 5.75 Å². The molecule has 0 aliphatic rings. The number of para-hydroxylation sites is 1. The van der Waals surface area contributed by atoms with Crippen LogP contribution in [0.25, 0.3) is 10.9 Å². The SMILES string of the molecule is Nc1ccc2ncnc(NCCc3ccccc3OC(F)(F)F)c2c1. The van der Waals surface area contributed by atoms with Crippen LogP contribution < -0.4 is 15.8 Å². The summed E-state index contributed by atoms with van der Waals surface area (Å²) in [5, 5.41) is 3.86. The topological polar surface area (TPSA) is 73.1 Å². The number of halogens is 3. The van der Waals surface area contributed by atoms with Gasteiger partial charge in [-0.15, -0.1) is 13.2 Å². The van der Waals surface area contributed by atoms with Crippen molar-refractivity contribution >= 4 is 22.4 Å². The van der Waals surface area contributed by atoms with Crippen molar-refractivity contribution in [2.24, 2.45) is 0 Å². The summed E-state index contributed by atoms with van der Waals surface area (Å²) in [6, 6.07) is 11.3. The van der Waals surface area contributed by atoms with E-state index in [4.69, 9.17) is 5.73 Å². The third kappa shape index (κ3) is 4.28. The molecule has 25 heavy (non-hydrogen) atoms. The number of fused-ring (bicyclic) bond motifs is 1. The number of nitrogens with two attached hydrogens (primary N) is 1. The summed E-state index contributed by atoms with van der Waals surface area (Å²) in [7, 11) is 0. The number of rotatable bonds is 5. The van der Waals surface area contributed by atoms with Gasteiger partial charge in [0.1, 0.15) is 17.9 Å². The smallest absolute Gasteiger partial charge is 0.406 e. The van der Waals surface area contributed by atoms with Gasteiger partial charge < -0.3 is 15.8 Å². The van der Waals surface area contributed by atoms with Crippen LogP contribution in [-0.4, -0.2) is 22.9 Å². The summed E-state index contributed by atoms with van der Waals surface area (Å²) in [6.45, 7) is 0.374. The summed E-state index contributed by atoms with van der Waals surface area (Å²) >= 11 is 0. The molecule has 0 bridgehead atoms. The average Bonchev–Trinajstić information content (AvgIpc) is 2.55. The van der Waals surface area contributed by atoms with Crippen molar-refractivity contribution in [2.45, 2.75) is 12.8 Å². The minimum atomic E-state index is -4.72. The Morgan fingerprint density at radius 1 is 1.08 bits per heavy atom. The van der Waals surface area contributed by atoms with E-state index in [0.717, 1.165) is 10.9 Å². The summed E-state index contributed by atoms with van der Waals surface area (Å²) in [5.41, 5.74) is 7.54. The Bertz CT molecular complexity index is 883. The lowest BCUT2D eigenvalue weighted by Crippen LogP contribution is -2.18. The lowest BCUT2D eigenvalue weighted by atomic mass is 10.1. The molecule has 5 nitrogen and oxygen atoms in total. The van der Waals surface area contributed by atoms with E-state index in [-0.39, 0.29) is 5.75 Å². The third-order valence-electron chi connectivity index (χ3n) is 3.54. The fourth-order valence-corrected chi connectivity index (χ4v) is 2.47. The van der Waals surface area contributed by atoms with Gasteiger partial charge in [0.25, 0.3) is 0 Å². The van der Waals surface area contributed by atoms with Gasteiger partial charge in [-0.25, -0.2) is 9.97 Å². The van der Waals surface area contributed by atoms with E-state index in [9.17, 15) is 13.2 Å². The molecule has 3 N–H and O–H groups in total. The minimum Gasteiger partial charge on any atom is -0.406 e. The number of nitrogens with zero attached hydrogens (tertiary/aromatic N) is 2. The van der Waals surface area contributed by atoms with Crippen molar-refractivity contribution < 1.29 is 17.9 Å². The van der Waals surface area contributed by atoms with Gasteiger partial charge in [0, 0.05) is 17.6 Å². The standard InChI is InChI=1S/C17H15F3N4O/c18-17(19,20)25-15-4-2-1-3-11(15)7-8-22-16-13-9-12(21)5-6-14(13)23-10-24-16/h1-6,9-10H,7-8,21H2,(H,22,23,24). The lowest BCUT2D eigenvalue weighted by molar-refractivity contribution is -0.274. The van der Waals surface area contributed by atoms with Crippen LogP contribution in [0.15, 0.2) is 48.8 Å². The van der Waals surface area contributed by atoms with Crippen molar-refractivity contribution in [3.63, 3.8) is 0 Å². The van der Waals surface area contributed by atoms with Crippen molar-refractivity contribution in [1.82, 2.24) is 9.97 Å². The summed E-state index contributed by atoms with van der Waals surface area (Å²) < 4.78 is 41.4. The maximum Gasteiger partial charge on any atom is 0.573 e. The first kappa shape index (κ1) is 16.8. The Morgan fingerprint density at radius 2 is 1.88 bits per heavy atom. The number of nitrogen functional groups attached to an aromatic ring is 1. The van der Waals surface area contributed by atoms with Crippen molar-refractivity contribution in [2.75, 3.05) is 17.6 Å². The zero-order valence-electron chi connectivity index (χ0n) is 13.0. The van der Waals surface area contributed by atoms with Crippen LogP contribution in [0.1, 0.15) is 5.56 Å². The average molecular weight is 348 g/mol. The number of hydrogen-bond donors (Lipinski definition) is 2. The highest BCUT2D eigenvalue weighted by Gasteiger charge is 2.31. The molecule has 0 fully saturated rings. The van der Waals surface area contributed by atoms with Gasteiger partial charge in [0.15, 0.2) is 0 Å². The molecule has 0 radical (unpaired) electrons. The molecule has 0 spiro atoms. The van der Waals surface area contributed by atoms with Gasteiger partial charge in [0.05, 0.1) is 5.52 Å². The normalized spacial score (nSPS) is 11.5. The summed E-state index contributed by atoms with van der Waals surface area (Å²) in [5.74, 6) is 0.375. The number of nitrogens with one attached hydrogen (secondary N) is 1. The molecule has 8 heteroatoms. The molecule has 0 unspecified atom stereocenters. The van der Waals surface area contributed by atoms with Gasteiger partial charge in [-0.05, 0) is 36.2 Å². The number of alkyl halides is 3. The van der Waals surface area contributed by atoms with Crippen LogP contribution in [0.4, 0.5) is 24.7 Å². The van der Waals surface area contributed by atoms with Crippen LogP contribution in [-0.2, 0) is 6.42 Å². The Balaban J connectivity index is 1.73. The molecule has 1 aromatic heterocycles. The van der Waals surface area contributed by atoms with Crippen molar-refractivity contribution in [1.29, 1.82) is 0 Å². The summed E-state index contributed by atoms with van der Waals surface area (Å²) in [4.78, 5) is 8.32. The molecule has 2 aromatic carbocycles. The molecular formula is C17H15F3N4O. The number of benzene rings is 2. The highest BCUT2D eigenvalue weighted by atomic mass is 19.4. The number of aromatic nitrogens is 2. The largest absolute Gasteiger partial charge is 0.573 e. The molecule has 1 heterocycles. The monoisotopic (exact) mass is 348 g/mol. The zero-order valence-corrected chi connectivity index (χ0v) is 13.0. The molecule has 130 valence electrons. The van der Waals surface area contributed by atoms with Gasteiger partial charge >= 0.3 is 6.36 Å². The van der Waals surface area contributed by atoms with Gasteiger partial charge in [-0.3, -0.25) is 0 Å². The molecule has 0 saturated carbocycles. The zero-order chi connectivity index (χ0) is 17.9. The van der Waals surface area contributed by atoms with Gasteiger partial charge in [-0.2, -0.15) is 0 Å². The first-order valence-corrected chi connectivity index (χ1v) is 7.50. The predicted molar refractivity (Wildman–Crippen MR) is 89.3 cm³/mol. The second-order valence-electron chi connectivity index (χ2n) is 5.33. The fourth-order valence-electron chi connectivity index (χ4n) is 2.47. The Morgan fingerprint density at radius 3 is 2.68 bits per heavy atom. The van der Waals surface area contributed by atoms with Crippen LogP contribution in [0.2, 0.25) is 0 Å².